The summed E-state index contributed by atoms with van der Waals surface area (Å²) in [5.74, 6) is -0.0945. The van der Waals surface area contributed by atoms with Gasteiger partial charge in [0.05, 0.1) is 0 Å². The number of hydrogen-bond donors (Lipinski definition) is 2. The Morgan fingerprint density at radius 2 is 2.06 bits per heavy atom. The van der Waals surface area contributed by atoms with Crippen molar-refractivity contribution in [2.24, 2.45) is 11.8 Å². The van der Waals surface area contributed by atoms with Crippen LogP contribution in [0.3, 0.4) is 0 Å². The maximum absolute atomic E-state index is 11.7. The van der Waals surface area contributed by atoms with Crippen LogP contribution in [0.15, 0.2) is 0 Å². The van der Waals surface area contributed by atoms with E-state index in [1.165, 1.54) is 17.7 Å². The molecule has 0 unspecified atom stereocenters. The third-order valence-electron chi connectivity index (χ3n) is 2.44. The first kappa shape index (κ1) is 12.8. The van der Waals surface area contributed by atoms with E-state index in [0.29, 0.717) is 19.0 Å². The number of nitrogens with one attached hydrogen (secondary N) is 1. The molecule has 0 aromatic carbocycles. The number of nitrogens with zero attached hydrogens (tertiary/aromatic N) is 1. The number of amides is 2. The fourth-order valence-electron chi connectivity index (χ4n) is 1.49. The van der Waals surface area contributed by atoms with Gasteiger partial charge in [0.2, 0.25) is 0 Å². The summed E-state index contributed by atoms with van der Waals surface area (Å²) in [7, 11) is 0. The molecule has 5 heteroatoms. The fraction of sp³-hybridized carbons (Fsp3) is 0.818. The summed E-state index contributed by atoms with van der Waals surface area (Å²) in [6.07, 6.45) is 2.34. The van der Waals surface area contributed by atoms with Crippen molar-refractivity contribution in [3.8, 4) is 0 Å². The maximum Gasteiger partial charge on any atom is 0.323 e. The second-order valence-corrected chi connectivity index (χ2v) is 4.80. The summed E-state index contributed by atoms with van der Waals surface area (Å²) < 4.78 is 0. The van der Waals surface area contributed by atoms with Crippen molar-refractivity contribution in [2.75, 3.05) is 19.6 Å². The Balaban J connectivity index is 2.37. The first-order chi connectivity index (χ1) is 7.49. The summed E-state index contributed by atoms with van der Waals surface area (Å²) in [5.41, 5.74) is 0. The zero-order valence-corrected chi connectivity index (χ0v) is 9.90. The number of aliphatic carboxylic acids is 1. The summed E-state index contributed by atoms with van der Waals surface area (Å²) in [4.78, 5) is 23.7. The zero-order chi connectivity index (χ0) is 12.1. The van der Waals surface area contributed by atoms with Crippen molar-refractivity contribution in [3.05, 3.63) is 0 Å². The predicted octanol–water partition coefficient (Wildman–Crippen LogP) is 1.15. The third-order valence-corrected chi connectivity index (χ3v) is 2.44. The second kappa shape index (κ2) is 5.72. The van der Waals surface area contributed by atoms with Crippen molar-refractivity contribution >= 4 is 12.0 Å². The lowest BCUT2D eigenvalue weighted by molar-refractivity contribution is -0.137. The average Bonchev–Trinajstić information content (AvgIpc) is 2.95. The molecule has 1 aliphatic carbocycles. The van der Waals surface area contributed by atoms with Gasteiger partial charge in [-0.15, -0.1) is 0 Å². The van der Waals surface area contributed by atoms with Gasteiger partial charge >= 0.3 is 12.0 Å². The van der Waals surface area contributed by atoms with Gasteiger partial charge in [0, 0.05) is 13.1 Å². The molecule has 0 radical (unpaired) electrons. The fourth-order valence-corrected chi connectivity index (χ4v) is 1.49. The first-order valence-corrected chi connectivity index (χ1v) is 5.73. The van der Waals surface area contributed by atoms with Crippen LogP contribution in [0.2, 0.25) is 0 Å². The maximum atomic E-state index is 11.7. The minimum absolute atomic E-state index is 0.228. The van der Waals surface area contributed by atoms with Gasteiger partial charge in [-0.05, 0) is 24.7 Å². The molecule has 0 saturated heterocycles. The topological polar surface area (TPSA) is 69.6 Å². The SMILES string of the molecule is CC(C)CN(CC(=O)O)C(=O)NCC1CC1. The first-order valence-electron chi connectivity index (χ1n) is 5.73. The number of carbonyl (C=O) groups is 2. The minimum Gasteiger partial charge on any atom is -0.480 e. The predicted molar refractivity (Wildman–Crippen MR) is 60.2 cm³/mol. The smallest absolute Gasteiger partial charge is 0.323 e. The van der Waals surface area contributed by atoms with E-state index < -0.39 is 5.97 Å². The molecule has 1 rings (SSSR count). The van der Waals surface area contributed by atoms with Gasteiger partial charge in [-0.25, -0.2) is 4.79 Å². The van der Waals surface area contributed by atoms with E-state index >= 15 is 0 Å². The van der Waals surface area contributed by atoms with Gasteiger partial charge < -0.3 is 15.3 Å². The number of carboxylic acid groups (broad SMARTS) is 1. The molecular weight excluding hydrogens is 208 g/mol. The van der Waals surface area contributed by atoms with Crippen molar-refractivity contribution in [1.82, 2.24) is 10.2 Å². The van der Waals surface area contributed by atoms with Gasteiger partial charge in [0.1, 0.15) is 6.54 Å². The summed E-state index contributed by atoms with van der Waals surface area (Å²) in [5, 5.41) is 11.5. The van der Waals surface area contributed by atoms with Crippen LogP contribution in [0, 0.1) is 11.8 Å². The van der Waals surface area contributed by atoms with E-state index in [-0.39, 0.29) is 18.5 Å². The molecule has 1 fully saturated rings. The van der Waals surface area contributed by atoms with Gasteiger partial charge in [0.15, 0.2) is 0 Å². The molecule has 0 heterocycles. The normalized spacial score (nSPS) is 14.9. The number of rotatable bonds is 6. The number of carbonyl (C=O) groups excluding carboxylic acids is 1. The Hall–Kier alpha value is -1.26. The highest BCUT2D eigenvalue weighted by atomic mass is 16.4. The van der Waals surface area contributed by atoms with E-state index in [2.05, 4.69) is 5.32 Å². The van der Waals surface area contributed by atoms with E-state index in [1.807, 2.05) is 13.8 Å². The molecule has 0 bridgehead atoms. The highest BCUT2D eigenvalue weighted by molar-refractivity contribution is 5.80. The summed E-state index contributed by atoms with van der Waals surface area (Å²) >= 11 is 0. The summed E-state index contributed by atoms with van der Waals surface area (Å²) in [6.45, 7) is 4.84. The highest BCUT2D eigenvalue weighted by Gasteiger charge is 2.24. The van der Waals surface area contributed by atoms with E-state index in [4.69, 9.17) is 5.11 Å². The third kappa shape index (κ3) is 5.00. The molecule has 5 nitrogen and oxygen atoms in total. The van der Waals surface area contributed by atoms with Crippen LogP contribution in [-0.2, 0) is 4.79 Å². The van der Waals surface area contributed by atoms with Crippen LogP contribution < -0.4 is 5.32 Å². The van der Waals surface area contributed by atoms with Crippen LogP contribution in [0.25, 0.3) is 0 Å². The Morgan fingerprint density at radius 3 is 2.50 bits per heavy atom. The Bertz CT molecular complexity index is 262. The van der Waals surface area contributed by atoms with Crippen LogP contribution in [0.5, 0.6) is 0 Å². The van der Waals surface area contributed by atoms with Crippen molar-refractivity contribution in [2.45, 2.75) is 26.7 Å². The van der Waals surface area contributed by atoms with Gasteiger partial charge in [-0.2, -0.15) is 0 Å². The Morgan fingerprint density at radius 1 is 1.44 bits per heavy atom. The zero-order valence-electron chi connectivity index (χ0n) is 9.90. The lowest BCUT2D eigenvalue weighted by Gasteiger charge is -2.23. The van der Waals surface area contributed by atoms with Crippen LogP contribution in [0.1, 0.15) is 26.7 Å². The van der Waals surface area contributed by atoms with Crippen LogP contribution >= 0.6 is 0 Å². The van der Waals surface area contributed by atoms with Crippen LogP contribution in [0.4, 0.5) is 4.79 Å². The molecular formula is C11H20N2O3. The molecule has 0 aliphatic heterocycles. The Kier molecular flexibility index (Phi) is 4.58. The van der Waals surface area contributed by atoms with Crippen molar-refractivity contribution < 1.29 is 14.7 Å². The van der Waals surface area contributed by atoms with E-state index in [0.717, 1.165) is 0 Å². The van der Waals surface area contributed by atoms with E-state index in [1.54, 1.807) is 0 Å². The molecule has 1 aliphatic rings. The quantitative estimate of drug-likeness (QED) is 0.716. The molecule has 16 heavy (non-hydrogen) atoms. The monoisotopic (exact) mass is 228 g/mol. The van der Waals surface area contributed by atoms with Crippen molar-refractivity contribution in [3.63, 3.8) is 0 Å². The molecule has 2 N–H and O–H groups in total. The van der Waals surface area contributed by atoms with Crippen molar-refractivity contribution in [1.29, 1.82) is 0 Å². The molecule has 2 amide bonds. The largest absolute Gasteiger partial charge is 0.480 e. The average molecular weight is 228 g/mol. The lowest BCUT2D eigenvalue weighted by atomic mass is 10.2. The Labute approximate surface area is 95.8 Å². The van der Waals surface area contributed by atoms with Gasteiger partial charge in [0.25, 0.3) is 0 Å². The highest BCUT2D eigenvalue weighted by Crippen LogP contribution is 2.27. The molecule has 1 saturated carbocycles. The standard InChI is InChI=1S/C11H20N2O3/c1-8(2)6-13(7-10(14)15)11(16)12-5-9-3-4-9/h8-9H,3-7H2,1-2H3,(H,12,16)(H,14,15). The van der Waals surface area contributed by atoms with E-state index in [9.17, 15) is 9.59 Å². The lowest BCUT2D eigenvalue weighted by Crippen LogP contribution is -2.45. The van der Waals surface area contributed by atoms with Gasteiger partial charge in [-0.3, -0.25) is 4.79 Å². The molecule has 0 aromatic rings. The number of hydrogen-bond acceptors (Lipinski definition) is 2. The van der Waals surface area contributed by atoms with Crippen LogP contribution in [-0.4, -0.2) is 41.6 Å². The molecule has 0 aromatic heterocycles. The molecule has 0 spiro atoms. The minimum atomic E-state index is -0.970. The molecule has 92 valence electrons. The van der Waals surface area contributed by atoms with Gasteiger partial charge in [-0.1, -0.05) is 13.8 Å². The second-order valence-electron chi connectivity index (χ2n) is 4.80. The summed E-state index contributed by atoms with van der Waals surface area (Å²) in [6, 6.07) is -0.261. The number of urea groups is 1. The number of carboxylic acids is 1. The molecule has 0 atom stereocenters.